The summed E-state index contributed by atoms with van der Waals surface area (Å²) >= 11 is 4.62. The van der Waals surface area contributed by atoms with Gasteiger partial charge in [0.15, 0.2) is 0 Å². The standard InChI is InChI=1S/C24H31N3O3S/c1-16-5-6-21(29-4)18(11-16)13-24(8-9-24)26-22(28)20-12-19(7-10-25-20)27-14-17(2)30-23(3,31)15-27/h5-7,10-12,17,31H,8-9,13-15H2,1-4H3,(H,26,28)/t17-,23+/m0/s1. The molecule has 1 aromatic heterocycles. The first kappa shape index (κ1) is 22.0. The number of morpholine rings is 1. The summed E-state index contributed by atoms with van der Waals surface area (Å²) in [5, 5.41) is 3.24. The van der Waals surface area contributed by atoms with Gasteiger partial charge in [0.2, 0.25) is 0 Å². The molecule has 7 heteroatoms. The summed E-state index contributed by atoms with van der Waals surface area (Å²) in [6.07, 6.45) is 4.41. The van der Waals surface area contributed by atoms with Crippen LogP contribution in [0.4, 0.5) is 5.69 Å². The number of nitrogens with zero attached hydrogens (tertiary/aromatic N) is 2. The molecule has 4 rings (SSSR count). The fourth-order valence-electron chi connectivity index (χ4n) is 4.39. The number of aryl methyl sites for hydroxylation is 1. The summed E-state index contributed by atoms with van der Waals surface area (Å²) in [7, 11) is 1.68. The number of amides is 1. The number of hydrogen-bond acceptors (Lipinski definition) is 6. The summed E-state index contributed by atoms with van der Waals surface area (Å²) < 4.78 is 11.4. The zero-order valence-electron chi connectivity index (χ0n) is 18.6. The molecule has 2 aliphatic rings. The topological polar surface area (TPSA) is 63.7 Å². The van der Waals surface area contributed by atoms with Gasteiger partial charge < -0.3 is 19.7 Å². The molecule has 1 saturated carbocycles. The number of anilines is 1. The Morgan fingerprint density at radius 1 is 1.35 bits per heavy atom. The summed E-state index contributed by atoms with van der Waals surface area (Å²) in [4.78, 5) is 19.1. The molecule has 1 amide bonds. The normalized spacial score (nSPS) is 24.5. The van der Waals surface area contributed by atoms with E-state index in [2.05, 4.69) is 40.8 Å². The van der Waals surface area contributed by atoms with E-state index in [9.17, 15) is 4.79 Å². The van der Waals surface area contributed by atoms with Crippen molar-refractivity contribution in [2.24, 2.45) is 0 Å². The first-order valence-electron chi connectivity index (χ1n) is 10.8. The van der Waals surface area contributed by atoms with Crippen molar-refractivity contribution in [1.82, 2.24) is 10.3 Å². The Morgan fingerprint density at radius 3 is 2.81 bits per heavy atom. The molecule has 2 heterocycles. The number of ether oxygens (including phenoxy) is 2. The molecule has 31 heavy (non-hydrogen) atoms. The van der Waals surface area contributed by atoms with Crippen molar-refractivity contribution in [1.29, 1.82) is 0 Å². The Bertz CT molecular complexity index is 974. The number of methoxy groups -OCH3 is 1. The molecule has 0 radical (unpaired) electrons. The number of rotatable bonds is 6. The summed E-state index contributed by atoms with van der Waals surface area (Å²) in [5.41, 5.74) is 3.47. The quantitative estimate of drug-likeness (QED) is 0.668. The van der Waals surface area contributed by atoms with E-state index in [0.29, 0.717) is 12.2 Å². The van der Waals surface area contributed by atoms with Gasteiger partial charge in [0, 0.05) is 24.0 Å². The minimum atomic E-state index is -0.533. The number of benzene rings is 1. The fourth-order valence-corrected chi connectivity index (χ4v) is 4.74. The number of carbonyl (C=O) groups excluding carboxylic acids is 1. The van der Waals surface area contributed by atoms with E-state index in [1.165, 1.54) is 5.56 Å². The van der Waals surface area contributed by atoms with E-state index < -0.39 is 4.93 Å². The lowest BCUT2D eigenvalue weighted by molar-refractivity contribution is -0.0267. The van der Waals surface area contributed by atoms with Crippen molar-refractivity contribution in [2.75, 3.05) is 25.1 Å². The molecule has 1 aromatic carbocycles. The molecular formula is C24H31N3O3S. The van der Waals surface area contributed by atoms with Crippen molar-refractivity contribution in [3.05, 3.63) is 53.3 Å². The number of aromatic nitrogens is 1. The lowest BCUT2D eigenvalue weighted by Gasteiger charge is -2.42. The van der Waals surface area contributed by atoms with Gasteiger partial charge in [0.05, 0.1) is 19.8 Å². The van der Waals surface area contributed by atoms with E-state index in [1.807, 2.05) is 38.1 Å². The highest BCUT2D eigenvalue weighted by atomic mass is 32.1. The number of thiol groups is 1. The largest absolute Gasteiger partial charge is 0.496 e. The third-order valence-corrected chi connectivity index (χ3v) is 6.20. The molecule has 2 fully saturated rings. The highest BCUT2D eigenvalue weighted by Gasteiger charge is 2.45. The van der Waals surface area contributed by atoms with Crippen LogP contribution in [-0.4, -0.2) is 47.7 Å². The predicted octanol–water partition coefficient (Wildman–Crippen LogP) is 3.77. The average Bonchev–Trinajstić information content (AvgIpc) is 3.45. The van der Waals surface area contributed by atoms with Gasteiger partial charge in [0.1, 0.15) is 16.4 Å². The van der Waals surface area contributed by atoms with Gasteiger partial charge in [-0.3, -0.25) is 9.78 Å². The van der Waals surface area contributed by atoms with Crippen LogP contribution in [-0.2, 0) is 11.2 Å². The number of pyridine rings is 1. The first-order chi connectivity index (χ1) is 14.7. The molecule has 1 N–H and O–H groups in total. The molecule has 1 saturated heterocycles. The molecular weight excluding hydrogens is 410 g/mol. The van der Waals surface area contributed by atoms with Crippen molar-refractivity contribution < 1.29 is 14.3 Å². The lowest BCUT2D eigenvalue weighted by Crippen LogP contribution is -2.50. The highest BCUT2D eigenvalue weighted by molar-refractivity contribution is 7.81. The van der Waals surface area contributed by atoms with E-state index >= 15 is 0 Å². The monoisotopic (exact) mass is 441 g/mol. The molecule has 6 nitrogen and oxygen atoms in total. The summed E-state index contributed by atoms with van der Waals surface area (Å²) in [6, 6.07) is 9.96. The molecule has 0 unspecified atom stereocenters. The molecule has 166 valence electrons. The van der Waals surface area contributed by atoms with E-state index in [1.54, 1.807) is 13.3 Å². The van der Waals surface area contributed by atoms with Crippen molar-refractivity contribution in [2.45, 2.75) is 56.6 Å². The second-order valence-corrected chi connectivity index (χ2v) is 10.1. The third kappa shape index (κ3) is 5.15. The zero-order valence-corrected chi connectivity index (χ0v) is 19.5. The van der Waals surface area contributed by atoms with E-state index in [4.69, 9.17) is 9.47 Å². The Morgan fingerprint density at radius 2 is 2.13 bits per heavy atom. The Balaban J connectivity index is 1.48. The summed E-state index contributed by atoms with van der Waals surface area (Å²) in [5.74, 6) is 0.725. The Labute approximate surface area is 189 Å². The third-order valence-electron chi connectivity index (χ3n) is 5.96. The van der Waals surface area contributed by atoms with Gasteiger partial charge in [-0.15, -0.1) is 12.6 Å². The number of hydrogen-bond donors (Lipinski definition) is 2. The maximum Gasteiger partial charge on any atom is 0.270 e. The van der Waals surface area contributed by atoms with Crippen molar-refractivity contribution in [3.8, 4) is 5.75 Å². The highest BCUT2D eigenvalue weighted by Crippen LogP contribution is 2.41. The van der Waals surface area contributed by atoms with Gasteiger partial charge in [-0.1, -0.05) is 17.7 Å². The van der Waals surface area contributed by atoms with Gasteiger partial charge in [-0.05, 0) is 63.8 Å². The first-order valence-corrected chi connectivity index (χ1v) is 11.2. The molecule has 2 atom stereocenters. The van der Waals surface area contributed by atoms with Crippen LogP contribution in [0.1, 0.15) is 48.3 Å². The van der Waals surface area contributed by atoms with Crippen LogP contribution in [0.25, 0.3) is 0 Å². The van der Waals surface area contributed by atoms with Crippen LogP contribution in [0.15, 0.2) is 36.5 Å². The van der Waals surface area contributed by atoms with Crippen molar-refractivity contribution in [3.63, 3.8) is 0 Å². The molecule has 0 spiro atoms. The van der Waals surface area contributed by atoms with Crippen LogP contribution < -0.4 is 15.0 Å². The smallest absolute Gasteiger partial charge is 0.270 e. The predicted molar refractivity (Wildman–Crippen MR) is 125 cm³/mol. The van der Waals surface area contributed by atoms with Gasteiger partial charge >= 0.3 is 0 Å². The second kappa shape index (κ2) is 8.36. The fraction of sp³-hybridized carbons (Fsp3) is 0.500. The molecule has 2 aromatic rings. The maximum absolute atomic E-state index is 13.1. The SMILES string of the molecule is COc1ccc(C)cc1CC1(NC(=O)c2cc(N3C[C@H](C)O[C@](C)(S)C3)ccn2)CC1. The Hall–Kier alpha value is -2.25. The van der Waals surface area contributed by atoms with Gasteiger partial charge in [-0.25, -0.2) is 0 Å². The number of nitrogens with one attached hydrogen (secondary N) is 1. The maximum atomic E-state index is 13.1. The summed E-state index contributed by atoms with van der Waals surface area (Å²) in [6.45, 7) is 7.45. The lowest BCUT2D eigenvalue weighted by atomic mass is 10.0. The zero-order chi connectivity index (χ0) is 22.2. The minimum absolute atomic E-state index is 0.0562. The Kier molecular flexibility index (Phi) is 5.92. The van der Waals surface area contributed by atoms with Crippen LogP contribution in [0.3, 0.4) is 0 Å². The van der Waals surface area contributed by atoms with Crippen LogP contribution in [0, 0.1) is 6.92 Å². The van der Waals surface area contributed by atoms with Crippen LogP contribution in [0.2, 0.25) is 0 Å². The number of carbonyl (C=O) groups is 1. The van der Waals surface area contributed by atoms with Gasteiger partial charge in [-0.2, -0.15) is 0 Å². The molecule has 0 bridgehead atoms. The van der Waals surface area contributed by atoms with E-state index in [-0.39, 0.29) is 17.6 Å². The molecule has 1 aliphatic heterocycles. The van der Waals surface area contributed by atoms with Crippen molar-refractivity contribution >= 4 is 24.2 Å². The van der Waals surface area contributed by atoms with Crippen LogP contribution in [0.5, 0.6) is 5.75 Å². The van der Waals surface area contributed by atoms with Crippen LogP contribution >= 0.6 is 12.6 Å². The van der Waals surface area contributed by atoms with Gasteiger partial charge in [0.25, 0.3) is 5.91 Å². The average molecular weight is 442 g/mol. The minimum Gasteiger partial charge on any atom is -0.496 e. The van der Waals surface area contributed by atoms with E-state index in [0.717, 1.165) is 42.8 Å². The molecule has 1 aliphatic carbocycles. The second-order valence-electron chi connectivity index (χ2n) is 9.11.